The summed E-state index contributed by atoms with van der Waals surface area (Å²) in [5.41, 5.74) is 2.42. The number of benzene rings is 1. The molecule has 120 valence electrons. The zero-order chi connectivity index (χ0) is 16.4. The molecule has 0 aliphatic carbocycles. The Morgan fingerprint density at radius 3 is 2.91 bits per heavy atom. The van der Waals surface area contributed by atoms with Gasteiger partial charge in [0.25, 0.3) is 5.91 Å². The maximum atomic E-state index is 12.4. The van der Waals surface area contributed by atoms with Crippen molar-refractivity contribution in [3.63, 3.8) is 0 Å². The van der Waals surface area contributed by atoms with E-state index < -0.39 is 0 Å². The van der Waals surface area contributed by atoms with E-state index in [-0.39, 0.29) is 5.91 Å². The van der Waals surface area contributed by atoms with Crippen molar-refractivity contribution < 1.29 is 9.53 Å². The van der Waals surface area contributed by atoms with Gasteiger partial charge in [0.05, 0.1) is 7.11 Å². The number of aryl methyl sites for hydroxylation is 2. The molecule has 0 saturated carbocycles. The third-order valence-corrected chi connectivity index (χ3v) is 3.73. The molecule has 0 bridgehead atoms. The number of fused-ring (bicyclic) bond motifs is 1. The number of nitrogens with one attached hydrogen (secondary N) is 2. The fraction of sp³-hybridized carbons (Fsp3) is 0.294. The highest BCUT2D eigenvalue weighted by atomic mass is 16.5. The monoisotopic (exact) mass is 312 g/mol. The van der Waals surface area contributed by atoms with E-state index in [2.05, 4.69) is 22.3 Å². The van der Waals surface area contributed by atoms with E-state index in [9.17, 15) is 4.79 Å². The maximum Gasteiger partial charge on any atom is 0.273 e. The van der Waals surface area contributed by atoms with Crippen LogP contribution in [0.15, 0.2) is 30.3 Å². The van der Waals surface area contributed by atoms with Crippen LogP contribution in [0.2, 0.25) is 0 Å². The van der Waals surface area contributed by atoms with Crippen LogP contribution in [0.5, 0.6) is 5.75 Å². The second-order valence-electron chi connectivity index (χ2n) is 5.48. The van der Waals surface area contributed by atoms with Crippen LogP contribution >= 0.6 is 0 Å². The molecule has 1 amide bonds. The molecule has 0 aliphatic rings. The number of hydrogen-bond donors (Lipinski definition) is 2. The molecule has 6 nitrogen and oxygen atoms in total. The van der Waals surface area contributed by atoms with E-state index >= 15 is 0 Å². The number of aromatic amines is 1. The summed E-state index contributed by atoms with van der Waals surface area (Å²) in [6, 6.07) is 9.33. The topological polar surface area (TPSA) is 71.9 Å². The second-order valence-corrected chi connectivity index (χ2v) is 5.48. The van der Waals surface area contributed by atoms with Crippen LogP contribution in [0.3, 0.4) is 0 Å². The maximum absolute atomic E-state index is 12.4. The molecule has 0 atom stereocenters. The standard InChI is InChI=1S/C17H20N4O2/c1-4-7-21-11(2)8-16(20-21)19-17(22)15-10-12-9-13(23-3)5-6-14(12)18-15/h5-6,8-10,18H,4,7H2,1-3H3,(H,19,20,22). The molecule has 2 aromatic heterocycles. The number of aromatic nitrogens is 3. The molecule has 23 heavy (non-hydrogen) atoms. The Kier molecular flexibility index (Phi) is 4.06. The quantitative estimate of drug-likeness (QED) is 0.759. The summed E-state index contributed by atoms with van der Waals surface area (Å²) >= 11 is 0. The Morgan fingerprint density at radius 2 is 2.17 bits per heavy atom. The van der Waals surface area contributed by atoms with Gasteiger partial charge in [-0.2, -0.15) is 5.10 Å². The van der Waals surface area contributed by atoms with E-state index in [1.54, 1.807) is 7.11 Å². The highest BCUT2D eigenvalue weighted by Crippen LogP contribution is 2.22. The number of rotatable bonds is 5. The number of carbonyl (C=O) groups excluding carboxylic acids is 1. The zero-order valence-corrected chi connectivity index (χ0v) is 13.5. The number of nitrogens with zero attached hydrogens (tertiary/aromatic N) is 2. The van der Waals surface area contributed by atoms with E-state index in [1.165, 1.54) is 0 Å². The predicted molar refractivity (Wildman–Crippen MR) is 90.1 cm³/mol. The Labute approximate surface area is 134 Å². The van der Waals surface area contributed by atoms with Crippen LogP contribution in [0.4, 0.5) is 5.82 Å². The largest absolute Gasteiger partial charge is 0.497 e. The minimum absolute atomic E-state index is 0.207. The Hall–Kier alpha value is -2.76. The fourth-order valence-electron chi connectivity index (χ4n) is 2.55. The molecule has 0 saturated heterocycles. The number of H-pyrrole nitrogens is 1. The average Bonchev–Trinajstić information content (AvgIpc) is 3.10. The van der Waals surface area contributed by atoms with Gasteiger partial charge in [0.15, 0.2) is 5.82 Å². The first-order chi connectivity index (χ1) is 11.1. The number of anilines is 1. The smallest absolute Gasteiger partial charge is 0.273 e. The summed E-state index contributed by atoms with van der Waals surface area (Å²) in [6.07, 6.45) is 1.000. The number of methoxy groups -OCH3 is 1. The minimum Gasteiger partial charge on any atom is -0.497 e. The van der Waals surface area contributed by atoms with Crippen molar-refractivity contribution in [2.75, 3.05) is 12.4 Å². The highest BCUT2D eigenvalue weighted by molar-refractivity contribution is 6.05. The van der Waals surface area contributed by atoms with Crippen molar-refractivity contribution >= 4 is 22.6 Å². The third kappa shape index (κ3) is 3.06. The molecule has 0 fully saturated rings. The van der Waals surface area contributed by atoms with Gasteiger partial charge in [-0.3, -0.25) is 9.48 Å². The van der Waals surface area contributed by atoms with Gasteiger partial charge in [-0.15, -0.1) is 0 Å². The first-order valence-electron chi connectivity index (χ1n) is 7.63. The van der Waals surface area contributed by atoms with Gasteiger partial charge in [0.1, 0.15) is 11.4 Å². The summed E-state index contributed by atoms with van der Waals surface area (Å²) in [4.78, 5) is 15.5. The van der Waals surface area contributed by atoms with E-state index in [0.717, 1.165) is 35.3 Å². The van der Waals surface area contributed by atoms with E-state index in [1.807, 2.05) is 41.9 Å². The summed E-state index contributed by atoms with van der Waals surface area (Å²) in [5, 5.41) is 8.16. The molecule has 2 N–H and O–H groups in total. The van der Waals surface area contributed by atoms with Crippen molar-refractivity contribution in [3.05, 3.63) is 41.7 Å². The number of amides is 1. The predicted octanol–water partition coefficient (Wildman–Crippen LogP) is 3.34. The average molecular weight is 312 g/mol. The first-order valence-corrected chi connectivity index (χ1v) is 7.63. The van der Waals surface area contributed by atoms with Crippen molar-refractivity contribution in [1.29, 1.82) is 0 Å². The molecule has 3 aromatic rings. The van der Waals surface area contributed by atoms with Gasteiger partial charge in [0, 0.05) is 29.2 Å². The van der Waals surface area contributed by atoms with Gasteiger partial charge < -0.3 is 15.0 Å². The molecule has 2 heterocycles. The molecular weight excluding hydrogens is 292 g/mol. The fourth-order valence-corrected chi connectivity index (χ4v) is 2.55. The molecule has 1 aromatic carbocycles. The summed E-state index contributed by atoms with van der Waals surface area (Å²) in [6.45, 7) is 4.92. The van der Waals surface area contributed by atoms with Gasteiger partial charge >= 0.3 is 0 Å². The molecule has 0 spiro atoms. The number of hydrogen-bond acceptors (Lipinski definition) is 3. The van der Waals surface area contributed by atoms with Crippen LogP contribution in [-0.2, 0) is 6.54 Å². The third-order valence-electron chi connectivity index (χ3n) is 3.73. The van der Waals surface area contributed by atoms with Gasteiger partial charge in [-0.1, -0.05) is 6.92 Å². The molecule has 0 aliphatic heterocycles. The van der Waals surface area contributed by atoms with Gasteiger partial charge in [0.2, 0.25) is 0 Å². The second kappa shape index (κ2) is 6.16. The first kappa shape index (κ1) is 15.1. The molecule has 6 heteroatoms. The molecule has 0 unspecified atom stereocenters. The van der Waals surface area contributed by atoms with Crippen LogP contribution < -0.4 is 10.1 Å². The lowest BCUT2D eigenvalue weighted by Crippen LogP contribution is -2.13. The van der Waals surface area contributed by atoms with Crippen molar-refractivity contribution in [3.8, 4) is 5.75 Å². The Morgan fingerprint density at radius 1 is 1.35 bits per heavy atom. The van der Waals surface area contributed by atoms with Crippen LogP contribution in [0, 0.1) is 6.92 Å². The van der Waals surface area contributed by atoms with Gasteiger partial charge in [-0.25, -0.2) is 0 Å². The van der Waals surface area contributed by atoms with Crippen LogP contribution in [-0.4, -0.2) is 27.8 Å². The van der Waals surface area contributed by atoms with Crippen molar-refractivity contribution in [2.45, 2.75) is 26.8 Å². The lowest BCUT2D eigenvalue weighted by molar-refractivity contribution is 0.102. The van der Waals surface area contributed by atoms with Crippen molar-refractivity contribution in [2.24, 2.45) is 0 Å². The zero-order valence-electron chi connectivity index (χ0n) is 13.5. The molecular formula is C17H20N4O2. The highest BCUT2D eigenvalue weighted by Gasteiger charge is 2.12. The normalized spacial score (nSPS) is 10.9. The Balaban J connectivity index is 1.81. The van der Waals surface area contributed by atoms with Crippen LogP contribution in [0.25, 0.3) is 10.9 Å². The van der Waals surface area contributed by atoms with Gasteiger partial charge in [-0.05, 0) is 37.6 Å². The number of ether oxygens (including phenoxy) is 1. The Bertz CT molecular complexity index is 848. The SMILES string of the molecule is CCCn1nc(NC(=O)c2cc3cc(OC)ccc3[nH]2)cc1C. The summed E-state index contributed by atoms with van der Waals surface area (Å²) in [7, 11) is 1.62. The van der Waals surface area contributed by atoms with E-state index in [4.69, 9.17) is 4.74 Å². The van der Waals surface area contributed by atoms with E-state index in [0.29, 0.717) is 11.5 Å². The minimum atomic E-state index is -0.207. The lowest BCUT2D eigenvalue weighted by atomic mass is 10.2. The lowest BCUT2D eigenvalue weighted by Gasteiger charge is -2.00. The van der Waals surface area contributed by atoms with Crippen molar-refractivity contribution in [1.82, 2.24) is 14.8 Å². The summed E-state index contributed by atoms with van der Waals surface area (Å²) in [5.74, 6) is 1.12. The van der Waals surface area contributed by atoms with Crippen LogP contribution in [0.1, 0.15) is 29.5 Å². The molecule has 3 rings (SSSR count). The summed E-state index contributed by atoms with van der Waals surface area (Å²) < 4.78 is 7.09. The molecule has 0 radical (unpaired) electrons. The number of carbonyl (C=O) groups is 1.